The fourth-order valence-electron chi connectivity index (χ4n) is 2.40. The first-order valence-corrected chi connectivity index (χ1v) is 6.87. The maximum atomic E-state index is 6.23. The van der Waals surface area contributed by atoms with Crippen molar-refractivity contribution in [1.82, 2.24) is 9.78 Å². The zero-order valence-electron chi connectivity index (χ0n) is 10.6. The molecule has 2 N–H and O–H groups in total. The van der Waals surface area contributed by atoms with Crippen LogP contribution < -0.4 is 5.73 Å². The number of halogens is 1. The van der Waals surface area contributed by atoms with Crippen LogP contribution in [0.5, 0.6) is 0 Å². The summed E-state index contributed by atoms with van der Waals surface area (Å²) in [6, 6.07) is 0.0473. The van der Waals surface area contributed by atoms with E-state index < -0.39 is 0 Å². The van der Waals surface area contributed by atoms with E-state index in [-0.39, 0.29) is 12.1 Å². The molecule has 96 valence electrons. The minimum Gasteiger partial charge on any atom is -0.374 e. The summed E-state index contributed by atoms with van der Waals surface area (Å²) in [6.45, 7) is 4.10. The highest BCUT2D eigenvalue weighted by Gasteiger charge is 2.28. The summed E-state index contributed by atoms with van der Waals surface area (Å²) in [4.78, 5) is 0. The third-order valence-corrected chi connectivity index (χ3v) is 4.46. The molecule has 5 heteroatoms. The van der Waals surface area contributed by atoms with Crippen molar-refractivity contribution in [2.24, 2.45) is 12.8 Å². The van der Waals surface area contributed by atoms with Crippen LogP contribution in [0.4, 0.5) is 0 Å². The molecule has 0 saturated carbocycles. The highest BCUT2D eigenvalue weighted by molar-refractivity contribution is 9.10. The number of ether oxygens (including phenoxy) is 1. The lowest BCUT2D eigenvalue weighted by Gasteiger charge is -2.19. The second-order valence-corrected chi connectivity index (χ2v) is 5.69. The molecule has 0 amide bonds. The maximum Gasteiger partial charge on any atom is 0.0738 e. The van der Waals surface area contributed by atoms with Gasteiger partial charge in [-0.2, -0.15) is 5.10 Å². The van der Waals surface area contributed by atoms with Crippen LogP contribution in [0, 0.1) is 6.92 Å². The van der Waals surface area contributed by atoms with Gasteiger partial charge in [-0.05, 0) is 42.6 Å². The summed E-state index contributed by atoms with van der Waals surface area (Å²) in [6.07, 6.45) is 3.52. The standard InChI is InChI=1S/C12H20BrN3O/c1-7-4-5-11(17-7)9(14)6-10-12(13)8(2)15-16(10)3/h7,9,11H,4-6,14H2,1-3H3. The van der Waals surface area contributed by atoms with Crippen molar-refractivity contribution in [2.75, 3.05) is 0 Å². The van der Waals surface area contributed by atoms with E-state index in [1.165, 1.54) is 0 Å². The van der Waals surface area contributed by atoms with Gasteiger partial charge in [0.25, 0.3) is 0 Å². The van der Waals surface area contributed by atoms with Gasteiger partial charge in [0, 0.05) is 19.5 Å². The molecule has 1 aliphatic heterocycles. The molecule has 0 radical (unpaired) electrons. The monoisotopic (exact) mass is 301 g/mol. The second kappa shape index (κ2) is 5.08. The highest BCUT2D eigenvalue weighted by Crippen LogP contribution is 2.26. The minimum absolute atomic E-state index is 0.0473. The molecule has 1 aliphatic rings. The number of hydrogen-bond acceptors (Lipinski definition) is 3. The number of aromatic nitrogens is 2. The molecule has 0 spiro atoms. The largest absolute Gasteiger partial charge is 0.374 e. The quantitative estimate of drug-likeness (QED) is 0.928. The molecule has 0 aliphatic carbocycles. The molecule has 1 aromatic heterocycles. The first kappa shape index (κ1) is 13.1. The third-order valence-electron chi connectivity index (χ3n) is 3.43. The molecule has 1 saturated heterocycles. The normalized spacial score (nSPS) is 26.4. The minimum atomic E-state index is 0.0473. The zero-order chi connectivity index (χ0) is 12.6. The van der Waals surface area contributed by atoms with Crippen LogP contribution in [-0.2, 0) is 18.2 Å². The zero-order valence-corrected chi connectivity index (χ0v) is 12.2. The molecule has 1 aromatic rings. The van der Waals surface area contributed by atoms with Crippen molar-refractivity contribution in [1.29, 1.82) is 0 Å². The Balaban J connectivity index is 2.05. The van der Waals surface area contributed by atoms with Gasteiger partial charge in [0.2, 0.25) is 0 Å². The van der Waals surface area contributed by atoms with Crippen LogP contribution in [0.15, 0.2) is 4.47 Å². The topological polar surface area (TPSA) is 53.1 Å². The van der Waals surface area contributed by atoms with E-state index in [1.807, 2.05) is 18.7 Å². The average Bonchev–Trinajstić information content (AvgIpc) is 2.79. The molecule has 1 fully saturated rings. The van der Waals surface area contributed by atoms with Gasteiger partial charge in [-0.3, -0.25) is 4.68 Å². The third kappa shape index (κ3) is 2.72. The molecule has 0 aromatic carbocycles. The fourth-order valence-corrected chi connectivity index (χ4v) is 2.90. The number of hydrogen-bond donors (Lipinski definition) is 1. The molecular formula is C12H20BrN3O. The lowest BCUT2D eigenvalue weighted by atomic mass is 10.0. The van der Waals surface area contributed by atoms with E-state index in [0.29, 0.717) is 6.10 Å². The summed E-state index contributed by atoms with van der Waals surface area (Å²) >= 11 is 3.57. The predicted molar refractivity (Wildman–Crippen MR) is 70.9 cm³/mol. The van der Waals surface area contributed by atoms with E-state index in [4.69, 9.17) is 10.5 Å². The Labute approximate surface area is 111 Å². The smallest absolute Gasteiger partial charge is 0.0738 e. The lowest BCUT2D eigenvalue weighted by Crippen LogP contribution is -2.37. The maximum absolute atomic E-state index is 6.23. The van der Waals surface area contributed by atoms with Gasteiger partial charge in [0.05, 0.1) is 28.1 Å². The van der Waals surface area contributed by atoms with Crippen molar-refractivity contribution in [3.8, 4) is 0 Å². The summed E-state index contributed by atoms with van der Waals surface area (Å²) in [7, 11) is 1.96. The van der Waals surface area contributed by atoms with Gasteiger partial charge in [0.1, 0.15) is 0 Å². The van der Waals surface area contributed by atoms with Crippen molar-refractivity contribution in [3.63, 3.8) is 0 Å². The molecular weight excluding hydrogens is 282 g/mol. The van der Waals surface area contributed by atoms with E-state index in [0.717, 1.165) is 35.1 Å². The van der Waals surface area contributed by atoms with Crippen molar-refractivity contribution in [2.45, 2.75) is 51.4 Å². The predicted octanol–water partition coefficient (Wildman–Crippen LogP) is 1.93. The van der Waals surface area contributed by atoms with Crippen molar-refractivity contribution < 1.29 is 4.74 Å². The van der Waals surface area contributed by atoms with Crippen LogP contribution in [0.2, 0.25) is 0 Å². The molecule has 3 atom stereocenters. The molecule has 2 rings (SSSR count). The Hall–Kier alpha value is -0.390. The highest BCUT2D eigenvalue weighted by atomic mass is 79.9. The number of aryl methyl sites for hydroxylation is 2. The number of nitrogens with two attached hydrogens (primary N) is 1. The van der Waals surface area contributed by atoms with Gasteiger partial charge in [-0.1, -0.05) is 0 Å². The summed E-state index contributed by atoms with van der Waals surface area (Å²) in [5, 5.41) is 4.38. The Morgan fingerprint density at radius 2 is 2.29 bits per heavy atom. The van der Waals surface area contributed by atoms with Gasteiger partial charge in [-0.15, -0.1) is 0 Å². The lowest BCUT2D eigenvalue weighted by molar-refractivity contribution is 0.0401. The Morgan fingerprint density at radius 1 is 1.59 bits per heavy atom. The average molecular weight is 302 g/mol. The molecule has 0 bridgehead atoms. The van der Waals surface area contributed by atoms with Crippen molar-refractivity contribution >= 4 is 15.9 Å². The summed E-state index contributed by atoms with van der Waals surface area (Å²) in [5.74, 6) is 0. The van der Waals surface area contributed by atoms with Crippen molar-refractivity contribution in [3.05, 3.63) is 15.9 Å². The van der Waals surface area contributed by atoms with E-state index in [2.05, 4.69) is 28.0 Å². The SMILES string of the molecule is Cc1nn(C)c(CC(N)C2CCC(C)O2)c1Br. The summed E-state index contributed by atoms with van der Waals surface area (Å²) < 4.78 is 8.78. The van der Waals surface area contributed by atoms with Crippen LogP contribution in [0.25, 0.3) is 0 Å². The summed E-state index contributed by atoms with van der Waals surface area (Å²) in [5.41, 5.74) is 8.39. The van der Waals surface area contributed by atoms with E-state index in [1.54, 1.807) is 0 Å². The number of nitrogens with zero attached hydrogens (tertiary/aromatic N) is 2. The van der Waals surface area contributed by atoms with Crippen LogP contribution in [0.1, 0.15) is 31.2 Å². The first-order chi connectivity index (χ1) is 7.99. The Morgan fingerprint density at radius 3 is 2.76 bits per heavy atom. The van der Waals surface area contributed by atoms with E-state index >= 15 is 0 Å². The van der Waals surface area contributed by atoms with Gasteiger partial charge in [-0.25, -0.2) is 0 Å². The Bertz CT molecular complexity index is 405. The van der Waals surface area contributed by atoms with Crippen LogP contribution in [-0.4, -0.2) is 28.0 Å². The Kier molecular flexibility index (Phi) is 3.90. The van der Waals surface area contributed by atoms with Gasteiger partial charge < -0.3 is 10.5 Å². The second-order valence-electron chi connectivity index (χ2n) is 4.90. The fraction of sp³-hybridized carbons (Fsp3) is 0.750. The van der Waals surface area contributed by atoms with Crippen LogP contribution in [0.3, 0.4) is 0 Å². The van der Waals surface area contributed by atoms with E-state index in [9.17, 15) is 0 Å². The number of rotatable bonds is 3. The molecule has 17 heavy (non-hydrogen) atoms. The first-order valence-electron chi connectivity index (χ1n) is 6.08. The van der Waals surface area contributed by atoms with Crippen LogP contribution >= 0.6 is 15.9 Å². The van der Waals surface area contributed by atoms with Gasteiger partial charge in [0.15, 0.2) is 0 Å². The molecule has 4 nitrogen and oxygen atoms in total. The molecule has 3 unspecified atom stereocenters. The van der Waals surface area contributed by atoms with Gasteiger partial charge >= 0.3 is 0 Å². The molecule has 2 heterocycles.